The molecule has 35 heavy (non-hydrogen) atoms. The third kappa shape index (κ3) is 4.99. The lowest BCUT2D eigenvalue weighted by Gasteiger charge is -2.28. The number of esters is 1. The number of fused-ring (bicyclic) bond motifs is 1. The van der Waals surface area contributed by atoms with E-state index in [0.29, 0.717) is 29.7 Å². The zero-order chi connectivity index (χ0) is 25.7. The lowest BCUT2D eigenvalue weighted by molar-refractivity contribution is 0.0503. The Bertz CT molecular complexity index is 1230. The standard InChI is InChI=1S/C26H34FN3O5/c1-7-34-24(32)19-11-18(16-8-9-16)21-15(3)22(20(27)13-30(21)23(19)31)29-12-17(10-14(29)2)28-25(33)35-26(4,5)6/h11,13-14,16-17H,7-10,12H2,1-6H3,(H,28,33)/t14-,17-/m0/s1. The third-order valence-electron chi connectivity index (χ3n) is 6.54. The third-order valence-corrected chi connectivity index (χ3v) is 6.54. The number of aryl methyl sites for hydroxylation is 1. The van der Waals surface area contributed by atoms with Crippen LogP contribution in [0.15, 0.2) is 17.1 Å². The largest absolute Gasteiger partial charge is 0.462 e. The first-order valence-corrected chi connectivity index (χ1v) is 12.2. The highest BCUT2D eigenvalue weighted by Gasteiger charge is 2.36. The molecule has 190 valence electrons. The summed E-state index contributed by atoms with van der Waals surface area (Å²) in [5, 5.41) is 2.89. The van der Waals surface area contributed by atoms with Gasteiger partial charge in [0.05, 0.1) is 30.0 Å². The minimum absolute atomic E-state index is 0.0412. The van der Waals surface area contributed by atoms with Crippen LogP contribution < -0.4 is 15.8 Å². The van der Waals surface area contributed by atoms with Crippen LogP contribution in [0.4, 0.5) is 14.9 Å². The molecule has 0 bridgehead atoms. The number of amides is 1. The van der Waals surface area contributed by atoms with E-state index >= 15 is 4.39 Å². The summed E-state index contributed by atoms with van der Waals surface area (Å²) in [5.41, 5.74) is 1.29. The fourth-order valence-electron chi connectivity index (χ4n) is 4.98. The van der Waals surface area contributed by atoms with Gasteiger partial charge in [0.2, 0.25) is 0 Å². The molecule has 2 aromatic heterocycles. The van der Waals surface area contributed by atoms with Gasteiger partial charge in [-0.05, 0) is 83.9 Å². The molecule has 2 atom stereocenters. The smallest absolute Gasteiger partial charge is 0.407 e. The van der Waals surface area contributed by atoms with Crippen molar-refractivity contribution in [3.8, 4) is 0 Å². The molecule has 2 aliphatic rings. The highest BCUT2D eigenvalue weighted by Crippen LogP contribution is 2.44. The summed E-state index contributed by atoms with van der Waals surface area (Å²) in [6, 6.07) is 1.38. The molecule has 1 aliphatic heterocycles. The van der Waals surface area contributed by atoms with Crippen LogP contribution in [0.2, 0.25) is 0 Å². The van der Waals surface area contributed by atoms with E-state index in [-0.39, 0.29) is 30.2 Å². The Balaban J connectivity index is 1.74. The van der Waals surface area contributed by atoms with Crippen LogP contribution in [-0.2, 0) is 9.47 Å². The molecule has 2 fully saturated rings. The maximum Gasteiger partial charge on any atom is 0.407 e. The Labute approximate surface area is 204 Å². The Kier molecular flexibility index (Phi) is 6.55. The number of nitrogens with zero attached hydrogens (tertiary/aromatic N) is 2. The molecule has 3 heterocycles. The summed E-state index contributed by atoms with van der Waals surface area (Å²) in [6.45, 7) is 11.4. The van der Waals surface area contributed by atoms with Crippen molar-refractivity contribution >= 4 is 23.3 Å². The van der Waals surface area contributed by atoms with Gasteiger partial charge in [-0.25, -0.2) is 14.0 Å². The predicted octanol–water partition coefficient (Wildman–Crippen LogP) is 4.29. The van der Waals surface area contributed by atoms with Crippen LogP contribution in [0.5, 0.6) is 0 Å². The molecule has 8 nitrogen and oxygen atoms in total. The number of hydrogen-bond donors (Lipinski definition) is 1. The van der Waals surface area contributed by atoms with Crippen molar-refractivity contribution in [2.45, 2.75) is 84.4 Å². The molecule has 1 aliphatic carbocycles. The van der Waals surface area contributed by atoms with E-state index in [1.807, 2.05) is 18.7 Å². The monoisotopic (exact) mass is 487 g/mol. The van der Waals surface area contributed by atoms with E-state index in [4.69, 9.17) is 9.47 Å². The average Bonchev–Trinajstić information content (AvgIpc) is 3.51. The van der Waals surface area contributed by atoms with Crippen LogP contribution in [0.1, 0.15) is 81.3 Å². The number of halogens is 1. The van der Waals surface area contributed by atoms with Gasteiger partial charge in [-0.2, -0.15) is 0 Å². The summed E-state index contributed by atoms with van der Waals surface area (Å²) in [6.07, 6.45) is 3.21. The van der Waals surface area contributed by atoms with Gasteiger partial charge in [-0.3, -0.25) is 9.20 Å². The Hall–Kier alpha value is -3.10. The van der Waals surface area contributed by atoms with Crippen LogP contribution in [0.3, 0.4) is 0 Å². The lowest BCUT2D eigenvalue weighted by Crippen LogP contribution is -2.40. The van der Waals surface area contributed by atoms with Gasteiger partial charge in [0.1, 0.15) is 11.2 Å². The van der Waals surface area contributed by atoms with Gasteiger partial charge in [0, 0.05) is 12.6 Å². The van der Waals surface area contributed by atoms with Gasteiger partial charge in [-0.15, -0.1) is 0 Å². The molecule has 9 heteroatoms. The van der Waals surface area contributed by atoms with E-state index in [1.54, 1.807) is 33.8 Å². The second kappa shape index (κ2) is 9.17. The lowest BCUT2D eigenvalue weighted by atomic mass is 10.0. The normalized spacial score (nSPS) is 20.3. The highest BCUT2D eigenvalue weighted by molar-refractivity contribution is 5.90. The van der Waals surface area contributed by atoms with Gasteiger partial charge in [0.15, 0.2) is 5.82 Å². The first-order chi connectivity index (χ1) is 16.4. The van der Waals surface area contributed by atoms with Crippen molar-refractivity contribution in [2.24, 2.45) is 0 Å². The summed E-state index contributed by atoms with van der Waals surface area (Å²) in [7, 11) is 0. The Morgan fingerprint density at radius 2 is 1.94 bits per heavy atom. The van der Waals surface area contributed by atoms with E-state index < -0.39 is 29.0 Å². The van der Waals surface area contributed by atoms with Gasteiger partial charge in [-0.1, -0.05) is 0 Å². The maximum absolute atomic E-state index is 15.6. The molecular formula is C26H34FN3O5. The molecule has 0 radical (unpaired) electrons. The van der Waals surface area contributed by atoms with Crippen LogP contribution >= 0.6 is 0 Å². The van der Waals surface area contributed by atoms with Crippen LogP contribution in [0, 0.1) is 12.7 Å². The predicted molar refractivity (Wildman–Crippen MR) is 131 cm³/mol. The Morgan fingerprint density at radius 1 is 1.26 bits per heavy atom. The number of aromatic nitrogens is 1. The van der Waals surface area contributed by atoms with Gasteiger partial charge >= 0.3 is 12.1 Å². The van der Waals surface area contributed by atoms with Crippen molar-refractivity contribution in [1.82, 2.24) is 9.72 Å². The summed E-state index contributed by atoms with van der Waals surface area (Å²) < 4.78 is 27.3. The minimum Gasteiger partial charge on any atom is -0.462 e. The number of carbonyl (C=O) groups excluding carboxylic acids is 2. The van der Waals surface area contributed by atoms with Crippen LogP contribution in [0.25, 0.3) is 5.52 Å². The zero-order valence-electron chi connectivity index (χ0n) is 21.2. The molecule has 0 aromatic carbocycles. The number of rotatable bonds is 5. The van der Waals surface area contributed by atoms with Crippen LogP contribution in [-0.4, -0.2) is 47.3 Å². The van der Waals surface area contributed by atoms with Crippen molar-refractivity contribution in [3.05, 3.63) is 45.1 Å². The number of anilines is 1. The molecule has 1 saturated carbocycles. The number of nitrogens with one attached hydrogen (secondary N) is 1. The van der Waals surface area contributed by atoms with Crippen molar-refractivity contribution in [1.29, 1.82) is 0 Å². The highest BCUT2D eigenvalue weighted by atomic mass is 19.1. The number of hydrogen-bond acceptors (Lipinski definition) is 6. The van der Waals surface area contributed by atoms with Gasteiger partial charge in [0.25, 0.3) is 5.56 Å². The Morgan fingerprint density at radius 3 is 2.54 bits per heavy atom. The number of pyridine rings is 2. The minimum atomic E-state index is -0.694. The summed E-state index contributed by atoms with van der Waals surface area (Å²) in [4.78, 5) is 39.8. The summed E-state index contributed by atoms with van der Waals surface area (Å²) in [5.74, 6) is -1.03. The van der Waals surface area contributed by atoms with Crippen molar-refractivity contribution in [2.75, 3.05) is 18.1 Å². The van der Waals surface area contributed by atoms with E-state index in [1.165, 1.54) is 10.6 Å². The molecule has 0 spiro atoms. The number of ether oxygens (including phenoxy) is 2. The van der Waals surface area contributed by atoms with Crippen molar-refractivity contribution in [3.63, 3.8) is 0 Å². The van der Waals surface area contributed by atoms with Gasteiger partial charge < -0.3 is 19.7 Å². The second-order valence-corrected chi connectivity index (χ2v) is 10.6. The molecule has 0 unspecified atom stereocenters. The SMILES string of the molecule is CCOC(=O)c1cc(C2CC2)c2c(C)c(N3C[C@@H](NC(=O)OC(C)(C)C)C[C@@H]3C)c(F)cn2c1=O. The first-order valence-electron chi connectivity index (χ1n) is 12.2. The molecule has 1 amide bonds. The first kappa shape index (κ1) is 25.0. The molecular weight excluding hydrogens is 453 g/mol. The number of alkyl carbamates (subject to hydrolysis) is 1. The van der Waals surface area contributed by atoms with E-state index in [2.05, 4.69) is 5.32 Å². The second-order valence-electron chi connectivity index (χ2n) is 10.6. The topological polar surface area (TPSA) is 89.3 Å². The summed E-state index contributed by atoms with van der Waals surface area (Å²) >= 11 is 0. The molecule has 1 saturated heterocycles. The zero-order valence-corrected chi connectivity index (χ0v) is 21.2. The fourth-order valence-corrected chi connectivity index (χ4v) is 4.98. The van der Waals surface area contributed by atoms with E-state index in [0.717, 1.165) is 18.4 Å². The molecule has 2 aromatic rings. The average molecular weight is 488 g/mol. The fraction of sp³-hybridized carbons (Fsp3) is 0.577. The number of carbonyl (C=O) groups is 2. The van der Waals surface area contributed by atoms with E-state index in [9.17, 15) is 14.4 Å². The van der Waals surface area contributed by atoms with Crippen molar-refractivity contribution < 1.29 is 23.5 Å². The molecule has 1 N–H and O–H groups in total. The quantitative estimate of drug-likeness (QED) is 0.633. The maximum atomic E-state index is 15.6. The molecule has 4 rings (SSSR count).